The maximum Gasteiger partial charge on any atom is 0.0491 e. The Morgan fingerprint density at radius 1 is 0.424 bits per heavy atom. The quantitative estimate of drug-likeness (QED) is 0.271. The lowest BCUT2D eigenvalue weighted by atomic mass is 9.98. The number of benzene rings is 5. The largest absolute Gasteiger partial charge is 0.310 e. The topological polar surface area (TPSA) is 3.24 Å². The molecule has 0 saturated heterocycles. The Balaban J connectivity index is 1.49. The first-order valence-electron chi connectivity index (χ1n) is 11.4. The van der Waals surface area contributed by atoms with Gasteiger partial charge in [-0.2, -0.15) is 0 Å². The molecule has 0 heterocycles. The summed E-state index contributed by atoms with van der Waals surface area (Å²) in [5, 5.41) is 0. The zero-order valence-corrected chi connectivity index (χ0v) is 19.1. The maximum atomic E-state index is 2.32. The smallest absolute Gasteiger partial charge is 0.0491 e. The fourth-order valence-corrected chi connectivity index (χ4v) is 4.27. The zero-order valence-electron chi connectivity index (χ0n) is 19.1. The van der Waals surface area contributed by atoms with E-state index in [0.717, 1.165) is 11.4 Å². The molecule has 0 radical (unpaired) electrons. The van der Waals surface area contributed by atoms with Gasteiger partial charge in [0.2, 0.25) is 0 Å². The van der Waals surface area contributed by atoms with Crippen LogP contribution >= 0.6 is 0 Å². The molecule has 0 spiro atoms. The molecule has 0 fully saturated rings. The lowest BCUT2D eigenvalue weighted by molar-refractivity contribution is 1.25. The molecule has 0 saturated carbocycles. The van der Waals surface area contributed by atoms with Crippen molar-refractivity contribution in [2.45, 2.75) is 13.8 Å². The molecule has 0 unspecified atom stereocenters. The van der Waals surface area contributed by atoms with Crippen molar-refractivity contribution in [1.29, 1.82) is 0 Å². The second-order valence-electron chi connectivity index (χ2n) is 8.45. The van der Waals surface area contributed by atoms with Gasteiger partial charge in [-0.1, -0.05) is 96.6 Å². The molecule has 0 aliphatic heterocycles. The Morgan fingerprint density at radius 2 is 0.848 bits per heavy atom. The lowest BCUT2D eigenvalue weighted by Gasteiger charge is -2.27. The summed E-state index contributed by atoms with van der Waals surface area (Å²) < 4.78 is 0. The van der Waals surface area contributed by atoms with Gasteiger partial charge in [0.15, 0.2) is 0 Å². The molecule has 0 aromatic heterocycles. The van der Waals surface area contributed by atoms with Crippen LogP contribution in [-0.4, -0.2) is 0 Å². The van der Waals surface area contributed by atoms with Crippen molar-refractivity contribution in [3.8, 4) is 22.3 Å². The van der Waals surface area contributed by atoms with Crippen molar-refractivity contribution in [1.82, 2.24) is 0 Å². The van der Waals surface area contributed by atoms with Crippen LogP contribution in [0.4, 0.5) is 17.1 Å². The van der Waals surface area contributed by atoms with Gasteiger partial charge in [0, 0.05) is 17.1 Å². The first-order chi connectivity index (χ1) is 16.2. The van der Waals surface area contributed by atoms with Crippen molar-refractivity contribution < 1.29 is 0 Å². The normalized spacial score (nSPS) is 10.7. The molecule has 1 heteroatoms. The molecule has 0 atom stereocenters. The Kier molecular flexibility index (Phi) is 5.78. The molecule has 160 valence electrons. The third-order valence-corrected chi connectivity index (χ3v) is 6.07. The summed E-state index contributed by atoms with van der Waals surface area (Å²) in [6.07, 6.45) is 0. The van der Waals surface area contributed by atoms with E-state index >= 15 is 0 Å². The molecule has 5 rings (SSSR count). The van der Waals surface area contributed by atoms with Crippen LogP contribution in [0.15, 0.2) is 127 Å². The molecule has 5 aromatic rings. The van der Waals surface area contributed by atoms with Crippen molar-refractivity contribution in [3.05, 3.63) is 139 Å². The number of para-hydroxylation sites is 2. The number of nitrogens with zero attached hydrogens (tertiary/aromatic N) is 1. The Morgan fingerprint density at radius 3 is 1.33 bits per heavy atom. The van der Waals surface area contributed by atoms with Gasteiger partial charge in [-0.15, -0.1) is 0 Å². The van der Waals surface area contributed by atoms with Crippen LogP contribution in [0.5, 0.6) is 0 Å². The van der Waals surface area contributed by atoms with Crippen molar-refractivity contribution in [2.24, 2.45) is 0 Å². The van der Waals surface area contributed by atoms with Crippen molar-refractivity contribution >= 4 is 17.1 Å². The highest BCUT2D eigenvalue weighted by atomic mass is 15.1. The van der Waals surface area contributed by atoms with Crippen molar-refractivity contribution in [2.75, 3.05) is 4.90 Å². The Labute approximate surface area is 196 Å². The molecule has 0 aliphatic carbocycles. The van der Waals surface area contributed by atoms with Gasteiger partial charge in [0.1, 0.15) is 0 Å². The average molecular weight is 426 g/mol. The highest BCUT2D eigenvalue weighted by Crippen LogP contribution is 2.37. The fourth-order valence-electron chi connectivity index (χ4n) is 4.27. The minimum Gasteiger partial charge on any atom is -0.310 e. The van der Waals surface area contributed by atoms with Crippen LogP contribution in [-0.2, 0) is 0 Å². The predicted molar refractivity (Wildman–Crippen MR) is 141 cm³/mol. The second-order valence-corrected chi connectivity index (χ2v) is 8.45. The van der Waals surface area contributed by atoms with E-state index in [0.29, 0.717) is 0 Å². The first kappa shape index (κ1) is 20.8. The highest BCUT2D eigenvalue weighted by Gasteiger charge is 2.14. The summed E-state index contributed by atoms with van der Waals surface area (Å²) in [5.41, 5.74) is 11.0. The standard InChI is InChI=1S/C32H27N/c1-24-13-15-26(16-14-24)27-17-19-28(20-18-27)29-21-22-32(25(2)23-29)33(30-9-5-3-6-10-30)31-11-7-4-8-12-31/h3-23H,1-2H3. The van der Waals surface area contributed by atoms with E-state index in [2.05, 4.69) is 146 Å². The summed E-state index contributed by atoms with van der Waals surface area (Å²) in [6.45, 7) is 4.31. The van der Waals surface area contributed by atoms with Crippen LogP contribution in [0.2, 0.25) is 0 Å². The van der Waals surface area contributed by atoms with Gasteiger partial charge in [0.25, 0.3) is 0 Å². The average Bonchev–Trinajstić information content (AvgIpc) is 2.87. The fraction of sp³-hybridized carbons (Fsp3) is 0.0625. The summed E-state index contributed by atoms with van der Waals surface area (Å²) >= 11 is 0. The molecule has 0 amide bonds. The third kappa shape index (κ3) is 4.44. The monoisotopic (exact) mass is 425 g/mol. The minimum absolute atomic E-state index is 1.15. The molecule has 0 N–H and O–H groups in total. The SMILES string of the molecule is Cc1ccc(-c2ccc(-c3ccc(N(c4ccccc4)c4ccccc4)c(C)c3)cc2)cc1. The maximum absolute atomic E-state index is 2.32. The summed E-state index contributed by atoms with van der Waals surface area (Å²) in [5.74, 6) is 0. The second kappa shape index (κ2) is 9.18. The number of aryl methyl sites for hydroxylation is 2. The number of rotatable bonds is 5. The van der Waals surface area contributed by atoms with Crippen LogP contribution in [0, 0.1) is 13.8 Å². The minimum atomic E-state index is 1.15. The van der Waals surface area contributed by atoms with Gasteiger partial charge < -0.3 is 4.90 Å². The number of anilines is 3. The van der Waals surface area contributed by atoms with Crippen LogP contribution < -0.4 is 4.90 Å². The summed E-state index contributed by atoms with van der Waals surface area (Å²) in [4.78, 5) is 2.32. The predicted octanol–water partition coefficient (Wildman–Crippen LogP) is 9.11. The molecule has 33 heavy (non-hydrogen) atoms. The van der Waals surface area contributed by atoms with E-state index < -0.39 is 0 Å². The third-order valence-electron chi connectivity index (χ3n) is 6.07. The van der Waals surface area contributed by atoms with Gasteiger partial charge in [0.05, 0.1) is 0 Å². The van der Waals surface area contributed by atoms with Gasteiger partial charge in [-0.3, -0.25) is 0 Å². The molecule has 5 aromatic carbocycles. The van der Waals surface area contributed by atoms with E-state index in [9.17, 15) is 0 Å². The van der Waals surface area contributed by atoms with Crippen LogP contribution in [0.25, 0.3) is 22.3 Å². The lowest BCUT2D eigenvalue weighted by Crippen LogP contribution is -2.11. The van der Waals surface area contributed by atoms with Gasteiger partial charge in [-0.25, -0.2) is 0 Å². The van der Waals surface area contributed by atoms with Crippen LogP contribution in [0.3, 0.4) is 0 Å². The van der Waals surface area contributed by atoms with E-state index in [-0.39, 0.29) is 0 Å². The number of hydrogen-bond donors (Lipinski definition) is 0. The molecule has 0 aliphatic rings. The van der Waals surface area contributed by atoms with Gasteiger partial charge in [-0.05, 0) is 78.1 Å². The van der Waals surface area contributed by atoms with E-state index in [1.807, 2.05) is 0 Å². The Hall–Kier alpha value is -4.10. The molecular formula is C32H27N. The first-order valence-corrected chi connectivity index (χ1v) is 11.4. The van der Waals surface area contributed by atoms with Gasteiger partial charge >= 0.3 is 0 Å². The summed E-state index contributed by atoms with van der Waals surface area (Å²) in [6, 6.07) is 45.4. The van der Waals surface area contributed by atoms with Crippen LogP contribution in [0.1, 0.15) is 11.1 Å². The summed E-state index contributed by atoms with van der Waals surface area (Å²) in [7, 11) is 0. The highest BCUT2D eigenvalue weighted by molar-refractivity contribution is 5.80. The van der Waals surface area contributed by atoms with E-state index in [1.165, 1.54) is 39.1 Å². The molecule has 0 bridgehead atoms. The van der Waals surface area contributed by atoms with E-state index in [1.54, 1.807) is 0 Å². The molecular weight excluding hydrogens is 398 g/mol. The number of hydrogen-bond acceptors (Lipinski definition) is 1. The Bertz CT molecular complexity index is 1300. The zero-order chi connectivity index (χ0) is 22.6. The van der Waals surface area contributed by atoms with Crippen molar-refractivity contribution in [3.63, 3.8) is 0 Å². The molecule has 1 nitrogen and oxygen atoms in total. The van der Waals surface area contributed by atoms with E-state index in [4.69, 9.17) is 0 Å².